The molecule has 1 saturated heterocycles. The number of rotatable bonds is 2. The fourth-order valence-corrected chi connectivity index (χ4v) is 2.67. The number of nitrogens with one attached hydrogen (secondary N) is 1. The molecule has 1 heterocycles. The Balaban J connectivity index is 2.25. The van der Waals surface area contributed by atoms with Gasteiger partial charge in [-0.1, -0.05) is 6.07 Å². The van der Waals surface area contributed by atoms with Crippen molar-refractivity contribution < 1.29 is 4.39 Å². The Hall–Kier alpha value is -0.610. The largest absolute Gasteiger partial charge is 0.368 e. The zero-order valence-corrected chi connectivity index (χ0v) is 11.8. The number of halogens is 2. The number of benzene rings is 1. The molecule has 0 bridgehead atoms. The van der Waals surface area contributed by atoms with E-state index < -0.39 is 5.67 Å². The van der Waals surface area contributed by atoms with Crippen LogP contribution in [0.4, 0.5) is 10.1 Å². The molecule has 0 atom stereocenters. The van der Waals surface area contributed by atoms with Crippen LogP contribution in [0.25, 0.3) is 0 Å². The number of hydrogen-bond donors (Lipinski definition) is 1. The minimum Gasteiger partial charge on any atom is -0.368 e. The Morgan fingerprint density at radius 3 is 2.47 bits per heavy atom. The van der Waals surface area contributed by atoms with E-state index >= 15 is 0 Å². The first-order valence-electron chi connectivity index (χ1n) is 5.93. The van der Waals surface area contributed by atoms with E-state index in [0.29, 0.717) is 5.56 Å². The van der Waals surface area contributed by atoms with Gasteiger partial charge in [0, 0.05) is 30.7 Å². The van der Waals surface area contributed by atoms with Crippen LogP contribution < -0.4 is 10.2 Å². The normalized spacial score (nSPS) is 17.3. The molecule has 1 N–H and O–H groups in total. The molecule has 0 amide bonds. The molecular weight excluding hydrogens is 283 g/mol. The van der Waals surface area contributed by atoms with E-state index in [4.69, 9.17) is 0 Å². The Bertz CT molecular complexity index is 395. The summed E-state index contributed by atoms with van der Waals surface area (Å²) in [4.78, 5) is 2.32. The van der Waals surface area contributed by atoms with Gasteiger partial charge in [-0.15, -0.1) is 0 Å². The maximum atomic E-state index is 13.8. The lowest BCUT2D eigenvalue weighted by atomic mass is 10.00. The van der Waals surface area contributed by atoms with Crippen LogP contribution in [-0.4, -0.2) is 26.2 Å². The summed E-state index contributed by atoms with van der Waals surface area (Å²) in [5, 5.41) is 3.32. The summed E-state index contributed by atoms with van der Waals surface area (Å²) in [5.74, 6) is 0. The molecule has 1 aliphatic heterocycles. The minimum absolute atomic E-state index is 0.711. The highest BCUT2D eigenvalue weighted by molar-refractivity contribution is 9.10. The van der Waals surface area contributed by atoms with E-state index in [1.54, 1.807) is 13.8 Å². The monoisotopic (exact) mass is 300 g/mol. The SMILES string of the molecule is CC(C)(F)c1ccc(N2CCNCC2)c(Br)c1. The zero-order valence-electron chi connectivity index (χ0n) is 10.3. The average molecular weight is 301 g/mol. The van der Waals surface area contributed by atoms with Crippen LogP contribution in [0.5, 0.6) is 0 Å². The molecule has 0 saturated carbocycles. The first-order valence-corrected chi connectivity index (χ1v) is 6.72. The van der Waals surface area contributed by atoms with Gasteiger partial charge < -0.3 is 10.2 Å². The molecule has 17 heavy (non-hydrogen) atoms. The molecule has 4 heteroatoms. The van der Waals surface area contributed by atoms with Crippen molar-refractivity contribution in [2.24, 2.45) is 0 Å². The van der Waals surface area contributed by atoms with E-state index in [-0.39, 0.29) is 0 Å². The van der Waals surface area contributed by atoms with Gasteiger partial charge in [-0.05, 0) is 47.5 Å². The summed E-state index contributed by atoms with van der Waals surface area (Å²) in [6, 6.07) is 5.77. The van der Waals surface area contributed by atoms with Crippen molar-refractivity contribution in [1.82, 2.24) is 5.32 Å². The van der Waals surface area contributed by atoms with Gasteiger partial charge in [-0.2, -0.15) is 0 Å². The van der Waals surface area contributed by atoms with Crippen molar-refractivity contribution in [3.05, 3.63) is 28.2 Å². The first-order chi connectivity index (χ1) is 7.98. The van der Waals surface area contributed by atoms with Crippen molar-refractivity contribution in [3.8, 4) is 0 Å². The smallest absolute Gasteiger partial charge is 0.130 e. The molecule has 0 radical (unpaired) electrons. The highest BCUT2D eigenvalue weighted by Gasteiger charge is 2.21. The van der Waals surface area contributed by atoms with Gasteiger partial charge in [-0.3, -0.25) is 0 Å². The van der Waals surface area contributed by atoms with Crippen LogP contribution >= 0.6 is 15.9 Å². The third-order valence-electron chi connectivity index (χ3n) is 3.09. The first kappa shape index (κ1) is 12.8. The Morgan fingerprint density at radius 1 is 1.29 bits per heavy atom. The molecule has 1 aromatic carbocycles. The Kier molecular flexibility index (Phi) is 3.73. The molecule has 2 nitrogen and oxygen atoms in total. The minimum atomic E-state index is -1.29. The highest BCUT2D eigenvalue weighted by atomic mass is 79.9. The van der Waals surface area contributed by atoms with Gasteiger partial charge in [0.25, 0.3) is 0 Å². The van der Waals surface area contributed by atoms with Crippen LogP contribution in [0, 0.1) is 0 Å². The van der Waals surface area contributed by atoms with Gasteiger partial charge >= 0.3 is 0 Å². The summed E-state index contributed by atoms with van der Waals surface area (Å²) < 4.78 is 14.8. The second-order valence-electron chi connectivity index (χ2n) is 4.88. The van der Waals surface area contributed by atoms with E-state index in [9.17, 15) is 4.39 Å². The van der Waals surface area contributed by atoms with Gasteiger partial charge in [-0.25, -0.2) is 4.39 Å². The highest BCUT2D eigenvalue weighted by Crippen LogP contribution is 2.33. The van der Waals surface area contributed by atoms with Crippen LogP contribution in [0.2, 0.25) is 0 Å². The molecule has 2 rings (SSSR count). The predicted molar refractivity (Wildman–Crippen MR) is 73.4 cm³/mol. The van der Waals surface area contributed by atoms with Crippen LogP contribution in [0.3, 0.4) is 0 Å². The second kappa shape index (κ2) is 4.94. The summed E-state index contributed by atoms with van der Waals surface area (Å²) in [6.45, 7) is 7.16. The lowest BCUT2D eigenvalue weighted by molar-refractivity contribution is 0.221. The molecule has 0 aliphatic carbocycles. The summed E-state index contributed by atoms with van der Waals surface area (Å²) in [5.41, 5.74) is 0.576. The molecule has 1 fully saturated rings. The number of hydrogen-bond acceptors (Lipinski definition) is 2. The van der Waals surface area contributed by atoms with Crippen LogP contribution in [0.1, 0.15) is 19.4 Å². The van der Waals surface area contributed by atoms with Gasteiger partial charge in [0.05, 0.1) is 5.69 Å². The van der Waals surface area contributed by atoms with Crippen LogP contribution in [0.15, 0.2) is 22.7 Å². The number of nitrogens with zero attached hydrogens (tertiary/aromatic N) is 1. The predicted octanol–water partition coefficient (Wildman–Crippen LogP) is 3.06. The summed E-state index contributed by atoms with van der Waals surface area (Å²) >= 11 is 3.55. The van der Waals surface area contributed by atoms with Crippen LogP contribution in [-0.2, 0) is 5.67 Å². The lowest BCUT2D eigenvalue weighted by Gasteiger charge is -2.30. The van der Waals surface area contributed by atoms with E-state index in [0.717, 1.165) is 36.3 Å². The van der Waals surface area contributed by atoms with Gasteiger partial charge in [0.2, 0.25) is 0 Å². The van der Waals surface area contributed by atoms with E-state index in [1.807, 2.05) is 18.2 Å². The van der Waals surface area contributed by atoms with Crippen molar-refractivity contribution in [2.75, 3.05) is 31.1 Å². The fourth-order valence-electron chi connectivity index (χ4n) is 2.04. The van der Waals surface area contributed by atoms with Crippen molar-refractivity contribution >= 4 is 21.6 Å². The maximum Gasteiger partial charge on any atom is 0.130 e. The molecular formula is C13H18BrFN2. The fraction of sp³-hybridized carbons (Fsp3) is 0.538. The topological polar surface area (TPSA) is 15.3 Å². The van der Waals surface area contributed by atoms with Gasteiger partial charge in [0.15, 0.2) is 0 Å². The van der Waals surface area contributed by atoms with Crippen molar-refractivity contribution in [1.29, 1.82) is 0 Å². The molecule has 0 aromatic heterocycles. The zero-order chi connectivity index (χ0) is 12.5. The van der Waals surface area contributed by atoms with Crippen molar-refractivity contribution in [2.45, 2.75) is 19.5 Å². The number of alkyl halides is 1. The molecule has 0 spiro atoms. The third-order valence-corrected chi connectivity index (χ3v) is 3.73. The maximum absolute atomic E-state index is 13.8. The number of anilines is 1. The summed E-state index contributed by atoms with van der Waals surface area (Å²) in [6.07, 6.45) is 0. The van der Waals surface area contributed by atoms with E-state index in [2.05, 4.69) is 26.1 Å². The quantitative estimate of drug-likeness (QED) is 0.903. The molecule has 0 unspecified atom stereocenters. The van der Waals surface area contributed by atoms with Crippen molar-refractivity contribution in [3.63, 3.8) is 0 Å². The van der Waals surface area contributed by atoms with Gasteiger partial charge in [0.1, 0.15) is 5.67 Å². The summed E-state index contributed by atoms with van der Waals surface area (Å²) in [7, 11) is 0. The molecule has 1 aromatic rings. The van der Waals surface area contributed by atoms with E-state index in [1.165, 1.54) is 0 Å². The lowest BCUT2D eigenvalue weighted by Crippen LogP contribution is -2.43. The Labute approximate surface area is 110 Å². The Morgan fingerprint density at radius 2 is 1.94 bits per heavy atom. The third kappa shape index (κ3) is 2.99. The molecule has 1 aliphatic rings. The number of piperazine rings is 1. The average Bonchev–Trinajstić information content (AvgIpc) is 2.29. The standard InChI is InChI=1S/C13H18BrFN2/c1-13(2,15)10-3-4-12(11(14)9-10)17-7-5-16-6-8-17/h3-4,9,16H,5-8H2,1-2H3. The molecule has 94 valence electrons. The second-order valence-corrected chi connectivity index (χ2v) is 5.73.